The first-order valence-corrected chi connectivity index (χ1v) is 33.1. The number of unbranched alkanes of at least 4 members (excludes halogenated alkanes) is 42. The SMILES string of the molecule is CCCCC/C=C\C/C=C\CCCCCCCCCC(=O)OC(COC(=O)CCCCCCCCCCCCC)COC(=O)CCCCCCCCCCCCCCCCCCC/C=C\C/C=C\CCCCCCC. The number of carbonyl (C=O) groups is 3. The monoisotopic (exact) mass is 1050 g/mol. The number of hydrogen-bond donors (Lipinski definition) is 0. The van der Waals surface area contributed by atoms with E-state index in [9.17, 15) is 14.4 Å². The second-order valence-electron chi connectivity index (χ2n) is 22.4. The molecule has 0 aliphatic rings. The predicted molar refractivity (Wildman–Crippen MR) is 325 cm³/mol. The highest BCUT2D eigenvalue weighted by atomic mass is 16.6. The zero-order valence-corrected chi connectivity index (χ0v) is 50.3. The third kappa shape index (κ3) is 62.1. The van der Waals surface area contributed by atoms with Crippen molar-refractivity contribution in [3.63, 3.8) is 0 Å². The standard InChI is InChI=1S/C69H126O6/c1-4-7-10-13-16-19-22-24-26-28-29-30-31-32-33-34-35-36-37-38-39-41-42-44-47-50-53-56-59-62-68(71)74-65-66(64-73-67(70)61-58-55-52-49-46-21-18-15-12-9-6-3)75-69(72)63-60-57-54-51-48-45-43-40-27-25-23-20-17-14-11-8-5-2/h17,20,22,24-25,27-29,66H,4-16,18-19,21,23,26,30-65H2,1-3H3/b20-17-,24-22-,27-25-,29-28-. The maximum atomic E-state index is 12.9. The van der Waals surface area contributed by atoms with Crippen LogP contribution >= 0.6 is 0 Å². The molecule has 0 rings (SSSR count). The lowest BCUT2D eigenvalue weighted by Gasteiger charge is -2.18. The molecule has 6 heteroatoms. The van der Waals surface area contributed by atoms with Gasteiger partial charge in [-0.2, -0.15) is 0 Å². The Morgan fingerprint density at radius 2 is 0.480 bits per heavy atom. The van der Waals surface area contributed by atoms with Crippen LogP contribution in [0.5, 0.6) is 0 Å². The lowest BCUT2D eigenvalue weighted by atomic mass is 10.0. The van der Waals surface area contributed by atoms with Gasteiger partial charge in [0.2, 0.25) is 0 Å². The smallest absolute Gasteiger partial charge is 0.306 e. The van der Waals surface area contributed by atoms with Crippen LogP contribution in [0, 0.1) is 0 Å². The van der Waals surface area contributed by atoms with Gasteiger partial charge in [-0.25, -0.2) is 0 Å². The van der Waals surface area contributed by atoms with Crippen LogP contribution in [0.25, 0.3) is 0 Å². The van der Waals surface area contributed by atoms with Crippen LogP contribution in [-0.4, -0.2) is 37.2 Å². The predicted octanol–water partition coefficient (Wildman–Crippen LogP) is 22.6. The number of carbonyl (C=O) groups excluding carboxylic acids is 3. The molecule has 0 spiro atoms. The summed E-state index contributed by atoms with van der Waals surface area (Å²) in [6, 6.07) is 0. The minimum Gasteiger partial charge on any atom is -0.462 e. The largest absolute Gasteiger partial charge is 0.462 e. The van der Waals surface area contributed by atoms with E-state index in [1.54, 1.807) is 0 Å². The normalized spacial score (nSPS) is 12.3. The lowest BCUT2D eigenvalue weighted by molar-refractivity contribution is -0.167. The van der Waals surface area contributed by atoms with Crippen molar-refractivity contribution in [3.8, 4) is 0 Å². The minimum atomic E-state index is -0.774. The highest BCUT2D eigenvalue weighted by Gasteiger charge is 2.19. The van der Waals surface area contributed by atoms with Gasteiger partial charge in [0.05, 0.1) is 0 Å². The first-order valence-electron chi connectivity index (χ1n) is 33.1. The molecule has 0 aliphatic carbocycles. The second kappa shape index (κ2) is 63.9. The van der Waals surface area contributed by atoms with Gasteiger partial charge in [0.15, 0.2) is 6.10 Å². The highest BCUT2D eigenvalue weighted by Crippen LogP contribution is 2.17. The van der Waals surface area contributed by atoms with Crippen molar-refractivity contribution in [1.29, 1.82) is 0 Å². The number of hydrogen-bond acceptors (Lipinski definition) is 6. The molecule has 0 N–H and O–H groups in total. The van der Waals surface area contributed by atoms with E-state index in [4.69, 9.17) is 14.2 Å². The first kappa shape index (κ1) is 72.4. The fraction of sp³-hybridized carbons (Fsp3) is 0.841. The summed E-state index contributed by atoms with van der Waals surface area (Å²) >= 11 is 0. The van der Waals surface area contributed by atoms with Gasteiger partial charge >= 0.3 is 17.9 Å². The summed E-state index contributed by atoms with van der Waals surface area (Å²) < 4.78 is 16.9. The minimum absolute atomic E-state index is 0.0718. The molecule has 438 valence electrons. The maximum absolute atomic E-state index is 12.9. The van der Waals surface area contributed by atoms with E-state index in [0.717, 1.165) is 77.0 Å². The first-order chi connectivity index (χ1) is 37.0. The van der Waals surface area contributed by atoms with Crippen LogP contribution in [0.1, 0.15) is 355 Å². The fourth-order valence-corrected chi connectivity index (χ4v) is 9.80. The van der Waals surface area contributed by atoms with E-state index < -0.39 is 6.10 Å². The molecule has 0 bridgehead atoms. The van der Waals surface area contributed by atoms with Crippen molar-refractivity contribution in [3.05, 3.63) is 48.6 Å². The number of esters is 3. The Labute approximate surface area is 467 Å². The summed E-state index contributed by atoms with van der Waals surface area (Å²) in [5, 5.41) is 0. The molecule has 0 aromatic heterocycles. The van der Waals surface area contributed by atoms with Crippen LogP contribution in [0.15, 0.2) is 48.6 Å². The second-order valence-corrected chi connectivity index (χ2v) is 22.4. The van der Waals surface area contributed by atoms with E-state index >= 15 is 0 Å². The van der Waals surface area contributed by atoms with Gasteiger partial charge in [0.1, 0.15) is 13.2 Å². The summed E-state index contributed by atoms with van der Waals surface area (Å²) in [7, 11) is 0. The number of ether oxygens (including phenoxy) is 3. The quantitative estimate of drug-likeness (QED) is 0.0261. The number of allylic oxidation sites excluding steroid dienone is 8. The van der Waals surface area contributed by atoms with Crippen LogP contribution in [-0.2, 0) is 28.6 Å². The average molecular weight is 1050 g/mol. The van der Waals surface area contributed by atoms with E-state index in [-0.39, 0.29) is 31.1 Å². The summed E-state index contributed by atoms with van der Waals surface area (Å²) in [5.41, 5.74) is 0. The Morgan fingerprint density at radius 3 is 0.760 bits per heavy atom. The zero-order chi connectivity index (χ0) is 54.3. The lowest BCUT2D eigenvalue weighted by Crippen LogP contribution is -2.30. The van der Waals surface area contributed by atoms with Gasteiger partial charge in [-0.1, -0.05) is 301 Å². The van der Waals surface area contributed by atoms with Crippen LogP contribution in [0.2, 0.25) is 0 Å². The molecule has 0 aliphatic heterocycles. The molecule has 1 atom stereocenters. The van der Waals surface area contributed by atoms with Crippen LogP contribution < -0.4 is 0 Å². The fourth-order valence-electron chi connectivity index (χ4n) is 9.80. The third-order valence-electron chi connectivity index (χ3n) is 14.8. The van der Waals surface area contributed by atoms with Crippen molar-refractivity contribution in [1.82, 2.24) is 0 Å². The van der Waals surface area contributed by atoms with Gasteiger partial charge in [0, 0.05) is 19.3 Å². The highest BCUT2D eigenvalue weighted by molar-refractivity contribution is 5.71. The molecule has 0 radical (unpaired) electrons. The topological polar surface area (TPSA) is 78.9 Å². The van der Waals surface area contributed by atoms with Gasteiger partial charge in [-0.15, -0.1) is 0 Å². The Bertz CT molecular complexity index is 1300. The molecule has 0 heterocycles. The Hall–Kier alpha value is -2.63. The Balaban J connectivity index is 4.16. The van der Waals surface area contributed by atoms with E-state index in [2.05, 4.69) is 69.4 Å². The molecule has 0 saturated heterocycles. The van der Waals surface area contributed by atoms with Crippen molar-refractivity contribution < 1.29 is 28.6 Å². The molecule has 0 aromatic rings. The molecule has 0 amide bonds. The molecule has 0 saturated carbocycles. The van der Waals surface area contributed by atoms with Crippen molar-refractivity contribution in [2.75, 3.05) is 13.2 Å². The summed E-state index contributed by atoms with van der Waals surface area (Å²) in [6.07, 6.45) is 79.9. The van der Waals surface area contributed by atoms with Crippen LogP contribution in [0.4, 0.5) is 0 Å². The zero-order valence-electron chi connectivity index (χ0n) is 50.3. The van der Waals surface area contributed by atoms with E-state index in [1.165, 1.54) is 238 Å². The molecule has 1 unspecified atom stereocenters. The molecule has 0 aromatic carbocycles. The summed E-state index contributed by atoms with van der Waals surface area (Å²) in [6.45, 7) is 6.64. The Kier molecular flexibility index (Phi) is 61.7. The summed E-state index contributed by atoms with van der Waals surface area (Å²) in [5.74, 6) is -0.859. The summed E-state index contributed by atoms with van der Waals surface area (Å²) in [4.78, 5) is 38.2. The average Bonchev–Trinajstić information content (AvgIpc) is 3.41. The Morgan fingerprint density at radius 1 is 0.267 bits per heavy atom. The van der Waals surface area contributed by atoms with Gasteiger partial charge in [0.25, 0.3) is 0 Å². The molecule has 6 nitrogen and oxygen atoms in total. The van der Waals surface area contributed by atoms with Gasteiger partial charge in [-0.3, -0.25) is 14.4 Å². The van der Waals surface area contributed by atoms with Gasteiger partial charge < -0.3 is 14.2 Å². The van der Waals surface area contributed by atoms with Gasteiger partial charge in [-0.05, 0) is 83.5 Å². The van der Waals surface area contributed by atoms with Crippen LogP contribution in [0.3, 0.4) is 0 Å². The number of rotatable bonds is 61. The van der Waals surface area contributed by atoms with Crippen molar-refractivity contribution in [2.24, 2.45) is 0 Å². The van der Waals surface area contributed by atoms with E-state index in [0.29, 0.717) is 19.3 Å². The molecular formula is C69H126O6. The van der Waals surface area contributed by atoms with Crippen molar-refractivity contribution in [2.45, 2.75) is 361 Å². The molecule has 0 fully saturated rings. The van der Waals surface area contributed by atoms with E-state index in [1.807, 2.05) is 0 Å². The molecule has 75 heavy (non-hydrogen) atoms. The van der Waals surface area contributed by atoms with Crippen molar-refractivity contribution >= 4 is 17.9 Å². The maximum Gasteiger partial charge on any atom is 0.306 e. The molecular weight excluding hydrogens is 925 g/mol. The third-order valence-corrected chi connectivity index (χ3v) is 14.8.